The average Bonchev–Trinajstić information content (AvgIpc) is 2.56. The van der Waals surface area contributed by atoms with Crippen LogP contribution in [0, 0.1) is 0 Å². The average molecular weight is 349 g/mol. The molecule has 0 fully saturated rings. The highest BCUT2D eigenvalue weighted by Gasteiger charge is 2.12. The molecule has 0 atom stereocenters. The summed E-state index contributed by atoms with van der Waals surface area (Å²) < 4.78 is 5.71. The number of hydrogen-bond donors (Lipinski definition) is 1. The number of Topliss-reactive ketones (excluding diaryl/α,β-unsaturated/α-hetero) is 1. The maximum Gasteiger partial charge on any atom is 0.233 e. The number of ether oxygens (including phenoxy) is 1. The van der Waals surface area contributed by atoms with Gasteiger partial charge >= 0.3 is 0 Å². The van der Waals surface area contributed by atoms with E-state index >= 15 is 0 Å². The van der Waals surface area contributed by atoms with Gasteiger partial charge in [-0.2, -0.15) is 0 Å². The molecule has 0 radical (unpaired) electrons. The van der Waals surface area contributed by atoms with Gasteiger partial charge in [0.25, 0.3) is 0 Å². The largest absolute Gasteiger partial charge is 0.438 e. The number of benzene rings is 1. The molecule has 1 aromatic carbocycles. The highest BCUT2D eigenvalue weighted by Crippen LogP contribution is 2.28. The number of halogens is 1. The van der Waals surface area contributed by atoms with Crippen molar-refractivity contribution >= 4 is 29.4 Å². The van der Waals surface area contributed by atoms with Crippen molar-refractivity contribution in [3.63, 3.8) is 0 Å². The van der Waals surface area contributed by atoms with Crippen LogP contribution in [-0.4, -0.2) is 29.1 Å². The fourth-order valence-corrected chi connectivity index (χ4v) is 2.12. The van der Waals surface area contributed by atoms with E-state index in [0.717, 1.165) is 5.56 Å². The van der Waals surface area contributed by atoms with Crippen LogP contribution in [0.2, 0.25) is 5.02 Å². The lowest BCUT2D eigenvalue weighted by molar-refractivity contribution is -0.118. The van der Waals surface area contributed by atoms with Crippen molar-refractivity contribution < 1.29 is 14.4 Å². The smallest absolute Gasteiger partial charge is 0.233 e. The van der Waals surface area contributed by atoms with Crippen LogP contribution in [0.1, 0.15) is 24.5 Å². The molecule has 0 amide bonds. The molecule has 0 aliphatic rings. The number of anilines is 1. The third kappa shape index (κ3) is 4.42. The summed E-state index contributed by atoms with van der Waals surface area (Å²) >= 11 is 6.22. The summed E-state index contributed by atoms with van der Waals surface area (Å²) in [5.41, 5.74) is 6.94. The van der Waals surface area contributed by atoms with Crippen molar-refractivity contribution in [2.45, 2.75) is 19.8 Å². The summed E-state index contributed by atoms with van der Waals surface area (Å²) in [5.74, 6) is 0.999. The van der Waals surface area contributed by atoms with Gasteiger partial charge in [-0.25, -0.2) is 9.97 Å². The molecule has 7 nitrogen and oxygen atoms in total. The Bertz CT molecular complexity index is 765. The lowest BCUT2D eigenvalue weighted by Gasteiger charge is -2.10. The molecule has 8 heteroatoms. The fourth-order valence-electron chi connectivity index (χ4n) is 1.88. The Morgan fingerprint density at radius 3 is 2.88 bits per heavy atom. The number of nitrogens with two attached hydrogens (primary N) is 1. The van der Waals surface area contributed by atoms with Crippen LogP contribution in [-0.2, 0) is 16.1 Å². The van der Waals surface area contributed by atoms with Gasteiger partial charge in [-0.15, -0.1) is 0 Å². The maximum absolute atomic E-state index is 11.5. The van der Waals surface area contributed by atoms with E-state index in [1.165, 1.54) is 19.7 Å². The minimum atomic E-state index is 0.118. The highest BCUT2D eigenvalue weighted by atomic mass is 35.5. The Morgan fingerprint density at radius 2 is 2.21 bits per heavy atom. The van der Waals surface area contributed by atoms with E-state index in [1.54, 1.807) is 18.2 Å². The molecule has 2 rings (SSSR count). The van der Waals surface area contributed by atoms with Gasteiger partial charge in [0.2, 0.25) is 5.88 Å². The van der Waals surface area contributed by atoms with Gasteiger partial charge in [0.1, 0.15) is 36.4 Å². The molecule has 0 saturated carbocycles. The molecule has 0 aliphatic carbocycles. The number of carbonyl (C=O) groups excluding carboxylic acids is 1. The second-order valence-electron chi connectivity index (χ2n) is 4.82. The lowest BCUT2D eigenvalue weighted by atomic mass is 10.1. The summed E-state index contributed by atoms with van der Waals surface area (Å²) in [4.78, 5) is 24.1. The Morgan fingerprint density at radius 1 is 1.42 bits per heavy atom. The fraction of sp³-hybridized carbons (Fsp3) is 0.250. The molecule has 24 heavy (non-hydrogen) atoms. The van der Waals surface area contributed by atoms with E-state index in [-0.39, 0.29) is 17.5 Å². The molecule has 2 aromatic rings. The molecule has 126 valence electrons. The summed E-state index contributed by atoms with van der Waals surface area (Å²) in [6.45, 7) is 1.82. The monoisotopic (exact) mass is 348 g/mol. The standard InChI is InChI=1S/C16H17ClN4O3/c1-3-11(22)6-10-4-5-12(7-14(10)17)24-16-13(8-21-23-2)15(18)19-9-20-16/h4-5,7-9H,3,6H2,1-2H3,(H2,18,19,20)/b21-8+. The molecule has 0 saturated heterocycles. The van der Waals surface area contributed by atoms with Crippen LogP contribution in [0.4, 0.5) is 5.82 Å². The van der Waals surface area contributed by atoms with E-state index in [1.807, 2.05) is 6.92 Å². The van der Waals surface area contributed by atoms with Crippen molar-refractivity contribution in [1.82, 2.24) is 9.97 Å². The van der Waals surface area contributed by atoms with Crippen LogP contribution in [0.15, 0.2) is 29.7 Å². The predicted molar refractivity (Wildman–Crippen MR) is 91.6 cm³/mol. The number of carbonyl (C=O) groups is 1. The minimum absolute atomic E-state index is 0.118. The number of nitrogens with zero attached hydrogens (tertiary/aromatic N) is 3. The summed E-state index contributed by atoms with van der Waals surface area (Å²) in [6, 6.07) is 5.08. The Labute approximate surface area is 144 Å². The number of nitrogen functional groups attached to an aromatic ring is 1. The van der Waals surface area contributed by atoms with Crippen LogP contribution in [0.25, 0.3) is 0 Å². The molecular weight excluding hydrogens is 332 g/mol. The first kappa shape index (κ1) is 17.7. The van der Waals surface area contributed by atoms with Crippen molar-refractivity contribution in [2.24, 2.45) is 5.16 Å². The van der Waals surface area contributed by atoms with Gasteiger partial charge in [-0.1, -0.05) is 29.7 Å². The zero-order valence-corrected chi connectivity index (χ0v) is 14.1. The maximum atomic E-state index is 11.5. The van der Waals surface area contributed by atoms with Crippen molar-refractivity contribution in [2.75, 3.05) is 12.8 Å². The lowest BCUT2D eigenvalue weighted by Crippen LogP contribution is -2.03. The Kier molecular flexibility index (Phi) is 6.08. The van der Waals surface area contributed by atoms with Gasteiger partial charge in [0.15, 0.2) is 0 Å². The van der Waals surface area contributed by atoms with Crippen molar-refractivity contribution in [3.8, 4) is 11.6 Å². The quantitative estimate of drug-likeness (QED) is 0.609. The Hall–Kier alpha value is -2.67. The summed E-state index contributed by atoms with van der Waals surface area (Å²) in [6.07, 6.45) is 3.41. The molecule has 0 unspecified atom stereocenters. The van der Waals surface area contributed by atoms with E-state index in [2.05, 4.69) is 20.0 Å². The van der Waals surface area contributed by atoms with Crippen LogP contribution >= 0.6 is 11.6 Å². The zero-order valence-electron chi connectivity index (χ0n) is 13.3. The summed E-state index contributed by atoms with van der Waals surface area (Å²) in [5, 5.41) is 4.10. The first-order valence-electron chi connectivity index (χ1n) is 7.20. The first-order valence-corrected chi connectivity index (χ1v) is 7.58. The van der Waals surface area contributed by atoms with E-state index in [9.17, 15) is 4.79 Å². The van der Waals surface area contributed by atoms with Crippen LogP contribution < -0.4 is 10.5 Å². The van der Waals surface area contributed by atoms with Gasteiger partial charge in [0, 0.05) is 17.9 Å². The highest BCUT2D eigenvalue weighted by molar-refractivity contribution is 6.31. The number of hydrogen-bond acceptors (Lipinski definition) is 7. The van der Waals surface area contributed by atoms with Gasteiger partial charge in [-0.05, 0) is 17.7 Å². The Balaban J connectivity index is 2.26. The number of ketones is 1. The summed E-state index contributed by atoms with van der Waals surface area (Å²) in [7, 11) is 1.41. The van der Waals surface area contributed by atoms with E-state index in [0.29, 0.717) is 29.2 Å². The van der Waals surface area contributed by atoms with Crippen molar-refractivity contribution in [3.05, 3.63) is 40.7 Å². The molecule has 1 aromatic heterocycles. The topological polar surface area (TPSA) is 99.7 Å². The molecular formula is C16H17ClN4O3. The van der Waals surface area contributed by atoms with Gasteiger partial charge in [-0.3, -0.25) is 4.79 Å². The molecule has 0 bridgehead atoms. The number of oxime groups is 1. The zero-order chi connectivity index (χ0) is 17.5. The van der Waals surface area contributed by atoms with Crippen LogP contribution in [0.3, 0.4) is 0 Å². The van der Waals surface area contributed by atoms with Gasteiger partial charge in [0.05, 0.1) is 6.21 Å². The van der Waals surface area contributed by atoms with E-state index < -0.39 is 0 Å². The molecule has 2 N–H and O–H groups in total. The van der Waals surface area contributed by atoms with Crippen molar-refractivity contribution in [1.29, 1.82) is 0 Å². The van der Waals surface area contributed by atoms with E-state index in [4.69, 9.17) is 22.1 Å². The predicted octanol–water partition coefficient (Wildman–Crippen LogP) is 3.01. The molecule has 0 spiro atoms. The second-order valence-corrected chi connectivity index (χ2v) is 5.23. The van der Waals surface area contributed by atoms with Crippen LogP contribution in [0.5, 0.6) is 11.6 Å². The minimum Gasteiger partial charge on any atom is -0.438 e. The normalized spacial score (nSPS) is 10.8. The number of aromatic nitrogens is 2. The third-order valence-electron chi connectivity index (χ3n) is 3.19. The number of rotatable bonds is 7. The van der Waals surface area contributed by atoms with Gasteiger partial charge < -0.3 is 15.3 Å². The first-order chi connectivity index (χ1) is 11.5. The molecule has 1 heterocycles. The molecule has 0 aliphatic heterocycles. The SMILES string of the molecule is CCC(=O)Cc1ccc(Oc2ncnc(N)c2/C=N/OC)cc1Cl. The second kappa shape index (κ2) is 8.26. The third-order valence-corrected chi connectivity index (χ3v) is 3.54.